The van der Waals surface area contributed by atoms with Gasteiger partial charge in [-0.3, -0.25) is 14.9 Å². The molecule has 0 atom stereocenters. The number of rotatable bonds is 4. The van der Waals surface area contributed by atoms with Gasteiger partial charge in [-0.15, -0.1) is 0 Å². The van der Waals surface area contributed by atoms with Crippen LogP contribution in [0.2, 0.25) is 0 Å². The molecule has 0 aliphatic carbocycles. The van der Waals surface area contributed by atoms with Crippen molar-refractivity contribution >= 4 is 39.2 Å². The lowest BCUT2D eigenvalue weighted by Gasteiger charge is -2.05. The van der Waals surface area contributed by atoms with E-state index in [1.54, 1.807) is 0 Å². The van der Waals surface area contributed by atoms with E-state index < -0.39 is 16.8 Å². The number of furan rings is 1. The zero-order valence-electron chi connectivity index (χ0n) is 10.2. The van der Waals surface area contributed by atoms with E-state index in [4.69, 9.17) is 9.52 Å². The lowest BCUT2D eigenvalue weighted by atomic mass is 10.2. The van der Waals surface area contributed by atoms with E-state index in [0.717, 1.165) is 6.07 Å². The normalized spacial score (nSPS) is 10.1. The molecule has 0 unspecified atom stereocenters. The summed E-state index contributed by atoms with van der Waals surface area (Å²) in [5, 5.41) is 21.8. The van der Waals surface area contributed by atoms with E-state index in [1.165, 1.54) is 24.3 Å². The van der Waals surface area contributed by atoms with Crippen molar-refractivity contribution in [2.24, 2.45) is 0 Å². The summed E-state index contributed by atoms with van der Waals surface area (Å²) in [5.74, 6) is -2.61. The third kappa shape index (κ3) is 3.26. The van der Waals surface area contributed by atoms with E-state index in [9.17, 15) is 19.7 Å². The lowest BCUT2D eigenvalue weighted by molar-refractivity contribution is -0.384. The van der Waals surface area contributed by atoms with Crippen LogP contribution in [0.4, 0.5) is 11.4 Å². The maximum Gasteiger partial charge on any atom is 0.371 e. The van der Waals surface area contributed by atoms with Gasteiger partial charge < -0.3 is 14.8 Å². The molecular weight excluding hydrogens is 348 g/mol. The van der Waals surface area contributed by atoms with E-state index in [0.29, 0.717) is 4.47 Å². The Morgan fingerprint density at radius 3 is 2.48 bits per heavy atom. The predicted octanol–water partition coefficient (Wildman–Crippen LogP) is 2.90. The van der Waals surface area contributed by atoms with Gasteiger partial charge in [0.2, 0.25) is 5.76 Å². The number of nitro benzene ring substituents is 1. The Morgan fingerprint density at radius 1 is 1.24 bits per heavy atom. The van der Waals surface area contributed by atoms with E-state index in [-0.39, 0.29) is 22.9 Å². The Morgan fingerprint density at radius 2 is 1.90 bits per heavy atom. The number of non-ortho nitro benzene ring substituents is 1. The standard InChI is InChI=1S/C12H7BrN2O6/c13-7-2-1-6(15(19)20)5-8(7)14-11(16)9-3-4-10(21-9)12(17)18/h1-5H,(H,14,16)(H,17,18). The van der Waals surface area contributed by atoms with Crippen molar-refractivity contribution in [1.29, 1.82) is 0 Å². The summed E-state index contributed by atoms with van der Waals surface area (Å²) in [6, 6.07) is 6.19. The summed E-state index contributed by atoms with van der Waals surface area (Å²) < 4.78 is 5.27. The summed E-state index contributed by atoms with van der Waals surface area (Å²) in [6.07, 6.45) is 0. The second kappa shape index (κ2) is 5.75. The molecule has 9 heteroatoms. The molecule has 108 valence electrons. The summed E-state index contributed by atoms with van der Waals surface area (Å²) >= 11 is 3.15. The third-order valence-electron chi connectivity index (χ3n) is 2.45. The maximum absolute atomic E-state index is 11.9. The third-order valence-corrected chi connectivity index (χ3v) is 3.14. The summed E-state index contributed by atoms with van der Waals surface area (Å²) in [7, 11) is 0. The number of carbonyl (C=O) groups excluding carboxylic acids is 1. The molecule has 0 radical (unpaired) electrons. The molecule has 2 rings (SSSR count). The molecule has 0 saturated heterocycles. The Hall–Kier alpha value is -2.68. The molecule has 1 aromatic carbocycles. The van der Waals surface area contributed by atoms with Crippen molar-refractivity contribution < 1.29 is 24.0 Å². The summed E-state index contributed by atoms with van der Waals surface area (Å²) in [6.45, 7) is 0. The Kier molecular flexibility index (Phi) is 4.03. The number of hydrogen-bond donors (Lipinski definition) is 2. The minimum absolute atomic E-state index is 0.169. The maximum atomic E-state index is 11.9. The highest BCUT2D eigenvalue weighted by Crippen LogP contribution is 2.27. The summed E-state index contributed by atoms with van der Waals surface area (Å²) in [4.78, 5) is 32.6. The van der Waals surface area contributed by atoms with Crippen LogP contribution in [-0.2, 0) is 0 Å². The van der Waals surface area contributed by atoms with Gasteiger partial charge in [-0.1, -0.05) is 0 Å². The fourth-order valence-corrected chi connectivity index (χ4v) is 1.83. The molecule has 0 spiro atoms. The summed E-state index contributed by atoms with van der Waals surface area (Å²) in [5.41, 5.74) is -0.0263. The largest absolute Gasteiger partial charge is 0.475 e. The van der Waals surface area contributed by atoms with Gasteiger partial charge in [0.25, 0.3) is 11.6 Å². The fraction of sp³-hybridized carbons (Fsp3) is 0. The van der Waals surface area contributed by atoms with Crippen LogP contribution in [0, 0.1) is 10.1 Å². The average molecular weight is 355 g/mol. The first-order valence-corrected chi connectivity index (χ1v) is 6.26. The minimum Gasteiger partial charge on any atom is -0.475 e. The number of aromatic carboxylic acids is 1. The lowest BCUT2D eigenvalue weighted by Crippen LogP contribution is -2.11. The van der Waals surface area contributed by atoms with Crippen molar-refractivity contribution in [3.63, 3.8) is 0 Å². The number of nitrogens with zero attached hydrogens (tertiary/aromatic N) is 1. The molecular formula is C12H7BrN2O6. The van der Waals surface area contributed by atoms with Crippen LogP contribution in [0.3, 0.4) is 0 Å². The van der Waals surface area contributed by atoms with Gasteiger partial charge in [0.1, 0.15) is 0 Å². The van der Waals surface area contributed by atoms with Crippen molar-refractivity contribution in [3.8, 4) is 0 Å². The van der Waals surface area contributed by atoms with Crippen molar-refractivity contribution in [2.75, 3.05) is 5.32 Å². The number of carboxylic acids is 1. The van der Waals surface area contributed by atoms with Gasteiger partial charge in [-0.25, -0.2) is 4.79 Å². The van der Waals surface area contributed by atoms with Crippen molar-refractivity contribution in [1.82, 2.24) is 0 Å². The van der Waals surface area contributed by atoms with Crippen molar-refractivity contribution in [3.05, 3.63) is 56.4 Å². The molecule has 0 aliphatic rings. The number of benzene rings is 1. The molecule has 8 nitrogen and oxygen atoms in total. The first-order valence-electron chi connectivity index (χ1n) is 5.47. The van der Waals surface area contributed by atoms with E-state index >= 15 is 0 Å². The zero-order valence-corrected chi connectivity index (χ0v) is 11.8. The van der Waals surface area contributed by atoms with Crippen LogP contribution in [0.1, 0.15) is 21.1 Å². The second-order valence-electron chi connectivity index (χ2n) is 3.84. The molecule has 1 aromatic heterocycles. The molecule has 21 heavy (non-hydrogen) atoms. The first kappa shape index (κ1) is 14.7. The van der Waals surface area contributed by atoms with Crippen molar-refractivity contribution in [2.45, 2.75) is 0 Å². The van der Waals surface area contributed by atoms with Gasteiger partial charge in [0.05, 0.1) is 10.6 Å². The quantitative estimate of drug-likeness (QED) is 0.642. The van der Waals surface area contributed by atoms with Gasteiger partial charge in [-0.05, 0) is 34.1 Å². The number of hydrogen-bond acceptors (Lipinski definition) is 5. The van der Waals surface area contributed by atoms with Crippen LogP contribution in [0.5, 0.6) is 0 Å². The molecule has 0 aliphatic heterocycles. The Labute approximate surface area is 125 Å². The minimum atomic E-state index is -1.30. The van der Waals surface area contributed by atoms with E-state index in [1.807, 2.05) is 0 Å². The predicted molar refractivity (Wildman–Crippen MR) is 74.4 cm³/mol. The van der Waals surface area contributed by atoms with E-state index in [2.05, 4.69) is 21.2 Å². The highest BCUT2D eigenvalue weighted by Gasteiger charge is 2.17. The zero-order chi connectivity index (χ0) is 15.6. The smallest absolute Gasteiger partial charge is 0.371 e. The first-order chi connectivity index (χ1) is 9.88. The molecule has 0 fully saturated rings. The Balaban J connectivity index is 2.24. The van der Waals surface area contributed by atoms with Gasteiger partial charge in [-0.2, -0.15) is 0 Å². The highest BCUT2D eigenvalue weighted by molar-refractivity contribution is 9.10. The van der Waals surface area contributed by atoms with Gasteiger partial charge in [0.15, 0.2) is 5.76 Å². The SMILES string of the molecule is O=C(O)c1ccc(C(=O)Nc2cc([N+](=O)[O-])ccc2Br)o1. The van der Waals surface area contributed by atoms with Crippen LogP contribution in [0.15, 0.2) is 39.2 Å². The fourth-order valence-electron chi connectivity index (χ4n) is 1.48. The number of carbonyl (C=O) groups is 2. The average Bonchev–Trinajstić information content (AvgIpc) is 2.90. The number of nitrogens with one attached hydrogen (secondary N) is 1. The topological polar surface area (TPSA) is 123 Å². The highest BCUT2D eigenvalue weighted by atomic mass is 79.9. The van der Waals surface area contributed by atoms with Gasteiger partial charge in [0, 0.05) is 16.6 Å². The second-order valence-corrected chi connectivity index (χ2v) is 4.70. The molecule has 0 saturated carbocycles. The van der Waals surface area contributed by atoms with Gasteiger partial charge >= 0.3 is 5.97 Å². The number of halogens is 1. The number of amides is 1. The number of nitro groups is 1. The molecule has 0 bridgehead atoms. The van der Waals surface area contributed by atoms with Crippen LogP contribution in [-0.4, -0.2) is 21.9 Å². The Bertz CT molecular complexity index is 739. The number of anilines is 1. The molecule has 1 heterocycles. The van der Waals surface area contributed by atoms with Crippen LogP contribution >= 0.6 is 15.9 Å². The number of carboxylic acid groups (broad SMARTS) is 1. The monoisotopic (exact) mass is 354 g/mol. The molecule has 2 N–H and O–H groups in total. The van der Waals surface area contributed by atoms with Crippen LogP contribution in [0.25, 0.3) is 0 Å². The van der Waals surface area contributed by atoms with Crippen LogP contribution < -0.4 is 5.32 Å². The molecule has 1 amide bonds. The molecule has 2 aromatic rings.